The number of ether oxygens (including phenoxy) is 1. The van der Waals surface area contributed by atoms with E-state index >= 15 is 0 Å². The van der Waals surface area contributed by atoms with E-state index in [-0.39, 0.29) is 5.41 Å². The second-order valence-electron chi connectivity index (χ2n) is 10.9. The molecule has 2 aromatic carbocycles. The van der Waals surface area contributed by atoms with Gasteiger partial charge >= 0.3 is 0 Å². The lowest BCUT2D eigenvalue weighted by Gasteiger charge is -2.35. The minimum Gasteiger partial charge on any atom is -0.497 e. The Kier molecular flexibility index (Phi) is 6.39. The Bertz CT molecular complexity index is 1680. The molecule has 9 heteroatoms. The van der Waals surface area contributed by atoms with Crippen LogP contribution in [0.4, 0.5) is 11.7 Å². The summed E-state index contributed by atoms with van der Waals surface area (Å²) in [6.45, 7) is 8.88. The highest BCUT2D eigenvalue weighted by atomic mass is 16.5. The molecule has 0 amide bonds. The van der Waals surface area contributed by atoms with Gasteiger partial charge in [-0.3, -0.25) is 0 Å². The molecule has 0 aliphatic carbocycles. The van der Waals surface area contributed by atoms with Gasteiger partial charge in [0.2, 0.25) is 17.5 Å². The number of anilines is 2. The molecule has 5 aromatic rings. The molecule has 0 atom stereocenters. The maximum absolute atomic E-state index is 9.71. The quantitative estimate of drug-likeness (QED) is 0.289. The first-order chi connectivity index (χ1) is 19.4. The fraction of sp³-hybridized carbons (Fsp3) is 0.290. The summed E-state index contributed by atoms with van der Waals surface area (Å²) in [6.07, 6.45) is 3.77. The smallest absolute Gasteiger partial charge is 0.234 e. The zero-order valence-electron chi connectivity index (χ0n) is 23.1. The van der Waals surface area contributed by atoms with Crippen molar-refractivity contribution in [1.29, 1.82) is 5.26 Å². The first kappa shape index (κ1) is 25.4. The number of oxazole rings is 1. The fourth-order valence-corrected chi connectivity index (χ4v) is 5.10. The molecule has 40 heavy (non-hydrogen) atoms. The van der Waals surface area contributed by atoms with E-state index in [1.54, 1.807) is 13.4 Å². The molecule has 0 unspecified atom stereocenters. The van der Waals surface area contributed by atoms with Crippen molar-refractivity contribution < 1.29 is 9.15 Å². The number of fused-ring (bicyclic) bond motifs is 1. The van der Waals surface area contributed by atoms with E-state index in [4.69, 9.17) is 19.1 Å². The zero-order chi connectivity index (χ0) is 27.9. The molecule has 1 aliphatic rings. The predicted octanol–water partition coefficient (Wildman–Crippen LogP) is 5.58. The second-order valence-corrected chi connectivity index (χ2v) is 10.9. The summed E-state index contributed by atoms with van der Waals surface area (Å²) in [5.74, 6) is 2.82. The number of rotatable bonds is 5. The van der Waals surface area contributed by atoms with Crippen LogP contribution in [0.1, 0.15) is 32.4 Å². The first-order valence-electron chi connectivity index (χ1n) is 13.3. The van der Waals surface area contributed by atoms with Gasteiger partial charge in [-0.05, 0) is 29.8 Å². The molecule has 0 radical (unpaired) electrons. The lowest BCUT2D eigenvalue weighted by Crippen LogP contribution is -2.47. The Hall–Kier alpha value is -4.84. The van der Waals surface area contributed by atoms with Crippen LogP contribution in [0.3, 0.4) is 0 Å². The number of nitrogens with zero attached hydrogens (tertiary/aromatic N) is 7. The SMILES string of the molecule is COc1ccc(-n2cc(-c3ccccc3)c3c(N4CCN(c5oc(C(C)(C)C)nc5C#N)CC4)ncnc32)cc1. The van der Waals surface area contributed by atoms with Crippen molar-refractivity contribution in [3.8, 4) is 28.6 Å². The van der Waals surface area contributed by atoms with E-state index in [0.29, 0.717) is 43.6 Å². The monoisotopic (exact) mass is 533 g/mol. The highest BCUT2D eigenvalue weighted by molar-refractivity contribution is 6.02. The molecule has 4 heterocycles. The van der Waals surface area contributed by atoms with Crippen molar-refractivity contribution in [2.75, 3.05) is 43.1 Å². The predicted molar refractivity (Wildman–Crippen MR) is 155 cm³/mol. The third-order valence-electron chi connectivity index (χ3n) is 7.22. The van der Waals surface area contributed by atoms with E-state index in [9.17, 15) is 5.26 Å². The van der Waals surface area contributed by atoms with Gasteiger partial charge in [0, 0.05) is 49.0 Å². The standard InChI is InChI=1S/C31H31N7O2/c1-31(2,3)30-35-25(18-32)29(40-30)37-16-14-36(15-17-37)27-26-24(21-8-6-5-7-9-21)19-38(28(26)34-20-33-27)22-10-12-23(39-4)13-11-22/h5-13,19-20H,14-17H2,1-4H3. The molecule has 0 saturated carbocycles. The fourth-order valence-electron chi connectivity index (χ4n) is 5.10. The molecule has 1 fully saturated rings. The molecule has 0 N–H and O–H groups in total. The minimum atomic E-state index is -0.275. The number of aromatic nitrogens is 4. The second kappa shape index (κ2) is 10.0. The summed E-state index contributed by atoms with van der Waals surface area (Å²) in [5, 5.41) is 10.7. The maximum atomic E-state index is 9.71. The molecule has 0 spiro atoms. The summed E-state index contributed by atoms with van der Waals surface area (Å²) in [5.41, 5.74) is 4.07. The average Bonchev–Trinajstić information content (AvgIpc) is 3.61. The summed E-state index contributed by atoms with van der Waals surface area (Å²) in [7, 11) is 1.67. The molecule has 0 bridgehead atoms. The van der Waals surface area contributed by atoms with Crippen molar-refractivity contribution in [2.24, 2.45) is 0 Å². The van der Waals surface area contributed by atoms with Gasteiger partial charge in [-0.2, -0.15) is 10.2 Å². The van der Waals surface area contributed by atoms with Crippen LogP contribution in [0.2, 0.25) is 0 Å². The van der Waals surface area contributed by atoms with Crippen LogP contribution < -0.4 is 14.5 Å². The molecule has 1 saturated heterocycles. The summed E-state index contributed by atoms with van der Waals surface area (Å²) >= 11 is 0. The Morgan fingerprint density at radius 2 is 1.62 bits per heavy atom. The van der Waals surface area contributed by atoms with Gasteiger partial charge in [-0.25, -0.2) is 9.97 Å². The van der Waals surface area contributed by atoms with Crippen molar-refractivity contribution >= 4 is 22.7 Å². The van der Waals surface area contributed by atoms with E-state index < -0.39 is 0 Å². The molecule has 1 aliphatic heterocycles. The van der Waals surface area contributed by atoms with Gasteiger partial charge in [-0.15, -0.1) is 0 Å². The van der Waals surface area contributed by atoms with Crippen molar-refractivity contribution in [2.45, 2.75) is 26.2 Å². The summed E-state index contributed by atoms with van der Waals surface area (Å²) < 4.78 is 13.6. The number of hydrogen-bond donors (Lipinski definition) is 0. The maximum Gasteiger partial charge on any atom is 0.234 e. The molecular weight excluding hydrogens is 502 g/mol. The van der Waals surface area contributed by atoms with Crippen LogP contribution in [-0.2, 0) is 5.41 Å². The molecule has 6 rings (SSSR count). The van der Waals surface area contributed by atoms with Crippen LogP contribution >= 0.6 is 0 Å². The summed E-state index contributed by atoms with van der Waals surface area (Å²) in [6, 6.07) is 20.5. The van der Waals surface area contributed by atoms with Crippen LogP contribution in [-0.4, -0.2) is 52.8 Å². The molecule has 202 valence electrons. The number of methoxy groups -OCH3 is 1. The molecular formula is C31H31N7O2. The van der Waals surface area contributed by atoms with Crippen LogP contribution in [0.5, 0.6) is 5.75 Å². The Labute approximate surface area is 233 Å². The summed E-state index contributed by atoms with van der Waals surface area (Å²) in [4.78, 5) is 18.4. The normalized spacial score (nSPS) is 14.0. The highest BCUT2D eigenvalue weighted by Crippen LogP contribution is 2.38. The van der Waals surface area contributed by atoms with Crippen LogP contribution in [0, 0.1) is 11.3 Å². The zero-order valence-corrected chi connectivity index (χ0v) is 23.1. The largest absolute Gasteiger partial charge is 0.497 e. The van der Waals surface area contributed by atoms with Gasteiger partial charge in [-0.1, -0.05) is 51.1 Å². The van der Waals surface area contributed by atoms with E-state index in [2.05, 4.69) is 43.7 Å². The van der Waals surface area contributed by atoms with Crippen molar-refractivity contribution in [3.05, 3.63) is 78.7 Å². The third-order valence-corrected chi connectivity index (χ3v) is 7.22. The minimum absolute atomic E-state index is 0.275. The number of benzene rings is 2. The van der Waals surface area contributed by atoms with Gasteiger partial charge < -0.3 is 23.5 Å². The van der Waals surface area contributed by atoms with E-state index in [1.165, 1.54) is 0 Å². The lowest BCUT2D eigenvalue weighted by atomic mass is 9.97. The van der Waals surface area contributed by atoms with Crippen LogP contribution in [0.25, 0.3) is 27.8 Å². The Morgan fingerprint density at radius 3 is 2.27 bits per heavy atom. The first-order valence-corrected chi connectivity index (χ1v) is 13.3. The van der Waals surface area contributed by atoms with Gasteiger partial charge in [0.25, 0.3) is 0 Å². The van der Waals surface area contributed by atoms with Crippen molar-refractivity contribution in [1.82, 2.24) is 19.5 Å². The highest BCUT2D eigenvalue weighted by Gasteiger charge is 2.30. The average molecular weight is 534 g/mol. The van der Waals surface area contributed by atoms with E-state index in [0.717, 1.165) is 39.4 Å². The third kappa shape index (κ3) is 4.51. The number of nitriles is 1. The lowest BCUT2D eigenvalue weighted by molar-refractivity contribution is 0.389. The topological polar surface area (TPSA) is 96.2 Å². The number of piperazine rings is 1. The van der Waals surface area contributed by atoms with Gasteiger partial charge in [0.05, 0.1) is 12.5 Å². The Morgan fingerprint density at radius 1 is 0.925 bits per heavy atom. The van der Waals surface area contributed by atoms with Crippen molar-refractivity contribution in [3.63, 3.8) is 0 Å². The van der Waals surface area contributed by atoms with Gasteiger partial charge in [0.15, 0.2) is 5.65 Å². The molecule has 3 aromatic heterocycles. The Balaban J connectivity index is 1.37. The molecule has 9 nitrogen and oxygen atoms in total. The van der Waals surface area contributed by atoms with Gasteiger partial charge in [0.1, 0.15) is 24.0 Å². The van der Waals surface area contributed by atoms with Crippen LogP contribution in [0.15, 0.2) is 71.5 Å². The van der Waals surface area contributed by atoms with E-state index in [1.807, 2.05) is 63.2 Å². The number of hydrogen-bond acceptors (Lipinski definition) is 8.